The van der Waals surface area contributed by atoms with Crippen LogP contribution in [0.4, 0.5) is 0 Å². The summed E-state index contributed by atoms with van der Waals surface area (Å²) in [6.07, 6.45) is 32.6. The van der Waals surface area contributed by atoms with Gasteiger partial charge in [-0.15, -0.1) is 0 Å². The molecule has 48 heavy (non-hydrogen) atoms. The van der Waals surface area contributed by atoms with Gasteiger partial charge in [0.05, 0.1) is 39.9 Å². The number of phosphoric acid groups is 1. The van der Waals surface area contributed by atoms with Crippen molar-refractivity contribution in [1.82, 2.24) is 5.32 Å². The average molecular weight is 706 g/mol. The highest BCUT2D eigenvalue weighted by Crippen LogP contribution is 2.43. The summed E-state index contributed by atoms with van der Waals surface area (Å²) < 4.78 is 23.5. The van der Waals surface area contributed by atoms with Crippen molar-refractivity contribution in [2.24, 2.45) is 0 Å². The van der Waals surface area contributed by atoms with E-state index in [0.29, 0.717) is 23.9 Å². The highest BCUT2D eigenvalue weighted by molar-refractivity contribution is 7.47. The zero-order chi connectivity index (χ0) is 35.8. The number of hydrogen-bond donors (Lipinski definition) is 3. The molecule has 0 aliphatic carbocycles. The third-order valence-electron chi connectivity index (χ3n) is 9.36. The molecule has 0 aromatic carbocycles. The number of aliphatic hydroxyl groups is 1. The number of nitrogens with zero attached hydrogens (tertiary/aromatic N) is 1. The molecule has 0 saturated carbocycles. The summed E-state index contributed by atoms with van der Waals surface area (Å²) in [6.45, 7) is 4.88. The Labute approximate surface area is 298 Å². The van der Waals surface area contributed by atoms with Crippen LogP contribution in [0.2, 0.25) is 0 Å². The quantitative estimate of drug-likeness (QED) is 0.0338. The highest BCUT2D eigenvalue weighted by atomic mass is 31.2. The van der Waals surface area contributed by atoms with Crippen molar-refractivity contribution in [2.45, 2.75) is 206 Å². The van der Waals surface area contributed by atoms with E-state index in [9.17, 15) is 19.4 Å². The minimum atomic E-state index is -4.30. The zero-order valence-electron chi connectivity index (χ0n) is 32.5. The van der Waals surface area contributed by atoms with E-state index < -0.39 is 20.0 Å². The van der Waals surface area contributed by atoms with Crippen molar-refractivity contribution in [1.29, 1.82) is 0 Å². The van der Waals surface area contributed by atoms with Gasteiger partial charge in [0.2, 0.25) is 5.91 Å². The predicted octanol–water partition coefficient (Wildman–Crippen LogP) is 10.6. The normalized spacial score (nSPS) is 14.6. The fourth-order valence-corrected chi connectivity index (χ4v) is 6.78. The minimum Gasteiger partial charge on any atom is -0.391 e. The fraction of sp³-hybridized carbons (Fsp3) is 0.974. The van der Waals surface area contributed by atoms with E-state index in [0.717, 1.165) is 38.5 Å². The Kier molecular flexibility index (Phi) is 32.1. The van der Waals surface area contributed by atoms with E-state index in [1.165, 1.54) is 128 Å². The first-order chi connectivity index (χ1) is 23.0. The summed E-state index contributed by atoms with van der Waals surface area (Å²) in [7, 11) is 1.62. The van der Waals surface area contributed by atoms with E-state index in [1.54, 1.807) is 0 Å². The van der Waals surface area contributed by atoms with Gasteiger partial charge in [-0.25, -0.2) is 4.57 Å². The number of quaternary nitrogens is 1. The Hall–Kier alpha value is -0.500. The Morgan fingerprint density at radius 3 is 1.40 bits per heavy atom. The summed E-state index contributed by atoms with van der Waals surface area (Å²) >= 11 is 0. The first-order valence-corrected chi connectivity index (χ1v) is 21.9. The van der Waals surface area contributed by atoms with Gasteiger partial charge in [0.15, 0.2) is 0 Å². The number of carbonyl (C=O) groups excluding carboxylic acids is 1. The van der Waals surface area contributed by atoms with Gasteiger partial charge in [-0.05, 0) is 12.8 Å². The molecule has 288 valence electrons. The molecule has 0 bridgehead atoms. The molecule has 0 heterocycles. The number of unbranched alkanes of at least 4 members (excludes halogenated alkanes) is 24. The Balaban J connectivity index is 4.41. The van der Waals surface area contributed by atoms with Gasteiger partial charge >= 0.3 is 7.82 Å². The molecule has 0 fully saturated rings. The second kappa shape index (κ2) is 32.4. The molecule has 0 saturated heterocycles. The minimum absolute atomic E-state index is 0.0782. The molecule has 9 heteroatoms. The molecule has 0 spiro atoms. The topological polar surface area (TPSA) is 105 Å². The highest BCUT2D eigenvalue weighted by Gasteiger charge is 2.28. The number of nitrogens with one attached hydrogen (secondary N) is 1. The van der Waals surface area contributed by atoms with Gasteiger partial charge in [0.1, 0.15) is 13.2 Å². The van der Waals surface area contributed by atoms with Crippen molar-refractivity contribution in [2.75, 3.05) is 40.9 Å². The van der Waals surface area contributed by atoms with Crippen molar-refractivity contribution in [3.63, 3.8) is 0 Å². The van der Waals surface area contributed by atoms with Crippen LogP contribution in [0.1, 0.15) is 194 Å². The Bertz CT molecular complexity index is 763. The second-order valence-electron chi connectivity index (χ2n) is 15.4. The third kappa shape index (κ3) is 34.0. The van der Waals surface area contributed by atoms with Gasteiger partial charge in [-0.2, -0.15) is 0 Å². The zero-order valence-corrected chi connectivity index (χ0v) is 33.4. The van der Waals surface area contributed by atoms with Crippen LogP contribution in [0.5, 0.6) is 0 Å². The van der Waals surface area contributed by atoms with E-state index in [2.05, 4.69) is 19.2 Å². The monoisotopic (exact) mass is 706 g/mol. The SMILES string of the molecule is CCCCCCCCCCCCCCCC[C@@H](O)[C@H](COP(=O)(O)OCC[N+](C)(C)C)NC(=O)CCCCCCCCCCCCCC. The summed E-state index contributed by atoms with van der Waals surface area (Å²) in [5.74, 6) is -0.144. The van der Waals surface area contributed by atoms with Crippen LogP contribution in [0.25, 0.3) is 0 Å². The maximum atomic E-state index is 12.8. The van der Waals surface area contributed by atoms with Crippen LogP contribution < -0.4 is 5.32 Å². The third-order valence-corrected chi connectivity index (χ3v) is 10.3. The molecule has 0 aliphatic rings. The van der Waals surface area contributed by atoms with Crippen molar-refractivity contribution < 1.29 is 32.9 Å². The van der Waals surface area contributed by atoms with Crippen LogP contribution in [0.3, 0.4) is 0 Å². The molecule has 0 aromatic heterocycles. The summed E-state index contributed by atoms with van der Waals surface area (Å²) in [6, 6.07) is -0.751. The maximum absolute atomic E-state index is 12.8. The summed E-state index contributed by atoms with van der Waals surface area (Å²) in [5.41, 5.74) is 0. The molecule has 1 amide bonds. The summed E-state index contributed by atoms with van der Waals surface area (Å²) in [4.78, 5) is 23.0. The molecule has 0 aliphatic heterocycles. The van der Waals surface area contributed by atoms with Crippen LogP contribution in [-0.4, -0.2) is 73.4 Å². The van der Waals surface area contributed by atoms with Gasteiger partial charge in [0.25, 0.3) is 0 Å². The largest absolute Gasteiger partial charge is 0.472 e. The number of rotatable bonds is 37. The van der Waals surface area contributed by atoms with Crippen LogP contribution in [-0.2, 0) is 18.4 Å². The number of hydrogen-bond acceptors (Lipinski definition) is 5. The number of aliphatic hydroxyl groups excluding tert-OH is 1. The molecular formula is C39H82N2O6P+. The maximum Gasteiger partial charge on any atom is 0.472 e. The molecule has 0 rings (SSSR count). The molecule has 8 nitrogen and oxygen atoms in total. The predicted molar refractivity (Wildman–Crippen MR) is 203 cm³/mol. The fourth-order valence-electron chi connectivity index (χ4n) is 6.05. The lowest BCUT2D eigenvalue weighted by Gasteiger charge is -2.26. The number of likely N-dealkylation sites (N-methyl/N-ethyl adjacent to an activating group) is 1. The van der Waals surface area contributed by atoms with Crippen LogP contribution in [0, 0.1) is 0 Å². The van der Waals surface area contributed by atoms with E-state index in [4.69, 9.17) is 9.05 Å². The lowest BCUT2D eigenvalue weighted by atomic mass is 10.0. The molecular weight excluding hydrogens is 623 g/mol. The van der Waals surface area contributed by atoms with Gasteiger partial charge in [-0.3, -0.25) is 13.8 Å². The number of carbonyl (C=O) groups is 1. The molecule has 0 aromatic rings. The van der Waals surface area contributed by atoms with Crippen molar-refractivity contribution >= 4 is 13.7 Å². The van der Waals surface area contributed by atoms with Crippen LogP contribution >= 0.6 is 7.82 Å². The van der Waals surface area contributed by atoms with Gasteiger partial charge in [-0.1, -0.05) is 174 Å². The average Bonchev–Trinajstić information content (AvgIpc) is 3.02. The molecule has 0 radical (unpaired) electrons. The first-order valence-electron chi connectivity index (χ1n) is 20.4. The van der Waals surface area contributed by atoms with E-state index in [-0.39, 0.29) is 19.1 Å². The van der Waals surface area contributed by atoms with E-state index >= 15 is 0 Å². The lowest BCUT2D eigenvalue weighted by molar-refractivity contribution is -0.870. The van der Waals surface area contributed by atoms with Gasteiger partial charge in [0, 0.05) is 6.42 Å². The molecule has 3 N–H and O–H groups in total. The lowest BCUT2D eigenvalue weighted by Crippen LogP contribution is -2.46. The second-order valence-corrected chi connectivity index (χ2v) is 16.8. The Morgan fingerprint density at radius 2 is 1.00 bits per heavy atom. The summed E-state index contributed by atoms with van der Waals surface area (Å²) in [5, 5.41) is 13.9. The van der Waals surface area contributed by atoms with E-state index in [1.807, 2.05) is 21.1 Å². The number of phosphoric ester groups is 1. The standard InChI is InChI=1S/C39H81N2O6P/c1-6-8-10-12-14-16-18-20-21-22-24-26-28-30-32-38(42)37(36-47-48(44,45)46-35-34-41(3,4)5)40-39(43)33-31-29-27-25-23-19-17-15-13-11-9-7-2/h37-38,42H,6-36H2,1-5H3,(H-,40,43,44,45)/p+1/t37-,38+/m0/s1. The Morgan fingerprint density at radius 1 is 0.625 bits per heavy atom. The first kappa shape index (κ1) is 47.5. The number of amides is 1. The van der Waals surface area contributed by atoms with Crippen molar-refractivity contribution in [3.8, 4) is 0 Å². The molecule has 3 atom stereocenters. The molecule has 1 unspecified atom stereocenters. The smallest absolute Gasteiger partial charge is 0.391 e. The van der Waals surface area contributed by atoms with Crippen molar-refractivity contribution in [3.05, 3.63) is 0 Å². The van der Waals surface area contributed by atoms with Gasteiger partial charge < -0.3 is 19.8 Å². The van der Waals surface area contributed by atoms with Crippen LogP contribution in [0.15, 0.2) is 0 Å².